The highest BCUT2D eigenvalue weighted by Gasteiger charge is 2.52. The first kappa shape index (κ1) is 39.8. The summed E-state index contributed by atoms with van der Waals surface area (Å²) < 4.78 is 0. The molecule has 2 aliphatic rings. The Morgan fingerprint density at radius 2 is 0.868 bits per heavy atom. The van der Waals surface area contributed by atoms with Crippen molar-refractivity contribution < 1.29 is 0 Å². The van der Waals surface area contributed by atoms with Gasteiger partial charge in [0.25, 0.3) is 0 Å². The standard InChI is InChI=1S/C67H47N/c1-45-43-52(68(51-24-6-3-7-25-51)64-36-16-23-47-21-8-11-27-55(47)64)41-42-53(45)54-26-10-9-22-50(54)44-46-37-39-49(40-38-46)57-31-18-35-63-66(57)59-29-13-15-33-61(59)67(63)60-32-14-12-28-58(60)65-56(30-17-34-62(65)67)48-19-4-2-5-20-48/h2-43H,44H2,1H3. The second kappa shape index (κ2) is 16.1. The maximum Gasteiger partial charge on any atom is 0.0725 e. The largest absolute Gasteiger partial charge is 0.310 e. The number of anilines is 3. The van der Waals surface area contributed by atoms with Crippen LogP contribution in [-0.2, 0) is 11.8 Å². The summed E-state index contributed by atoms with van der Waals surface area (Å²) in [4.78, 5) is 2.39. The molecule has 0 fully saturated rings. The van der Waals surface area contributed by atoms with Gasteiger partial charge in [0.2, 0.25) is 0 Å². The van der Waals surface area contributed by atoms with Gasteiger partial charge < -0.3 is 4.90 Å². The van der Waals surface area contributed by atoms with Crippen LogP contribution in [-0.4, -0.2) is 0 Å². The van der Waals surface area contributed by atoms with E-state index in [0.29, 0.717) is 0 Å². The molecule has 1 atom stereocenters. The Labute approximate surface area is 398 Å². The zero-order valence-electron chi connectivity index (χ0n) is 37.9. The molecule has 13 rings (SSSR count). The molecule has 0 N–H and O–H groups in total. The quantitative estimate of drug-likeness (QED) is 0.147. The fourth-order valence-corrected chi connectivity index (χ4v) is 11.8. The lowest BCUT2D eigenvalue weighted by molar-refractivity contribution is 0.794. The molecule has 0 aliphatic heterocycles. The SMILES string of the molecule is Cc1cc(N(c2ccccc2)c2cccc3ccccc23)ccc1-c1ccccc1Cc1ccc(-c2cccc3c2-c2ccccc2C32c3ccccc3-c3c(-c4ccccc4)cccc32)cc1. The molecule has 0 bridgehead atoms. The van der Waals surface area contributed by atoms with Gasteiger partial charge in [0, 0.05) is 16.8 Å². The van der Waals surface area contributed by atoms with Gasteiger partial charge in [-0.1, -0.05) is 224 Å². The van der Waals surface area contributed by atoms with Gasteiger partial charge >= 0.3 is 0 Å². The highest BCUT2D eigenvalue weighted by atomic mass is 15.1. The summed E-state index contributed by atoms with van der Waals surface area (Å²) in [7, 11) is 0. The molecule has 11 aromatic rings. The predicted molar refractivity (Wildman–Crippen MR) is 285 cm³/mol. The lowest BCUT2D eigenvalue weighted by Gasteiger charge is -2.30. The number of hydrogen-bond acceptors (Lipinski definition) is 1. The minimum atomic E-state index is -0.422. The van der Waals surface area contributed by atoms with E-state index in [1.165, 1.54) is 111 Å². The van der Waals surface area contributed by atoms with Crippen molar-refractivity contribution in [2.24, 2.45) is 0 Å². The average molecular weight is 866 g/mol. The van der Waals surface area contributed by atoms with Gasteiger partial charge in [-0.05, 0) is 144 Å². The van der Waals surface area contributed by atoms with Crippen molar-refractivity contribution in [3.63, 3.8) is 0 Å². The third kappa shape index (κ3) is 6.16. The van der Waals surface area contributed by atoms with Crippen LogP contribution < -0.4 is 4.90 Å². The summed E-state index contributed by atoms with van der Waals surface area (Å²) in [5.74, 6) is 0. The van der Waals surface area contributed by atoms with Crippen molar-refractivity contribution in [1.29, 1.82) is 0 Å². The van der Waals surface area contributed by atoms with Crippen LogP contribution in [0.25, 0.3) is 66.4 Å². The van der Waals surface area contributed by atoms with E-state index in [2.05, 4.69) is 267 Å². The van der Waals surface area contributed by atoms with Crippen LogP contribution in [0.4, 0.5) is 17.1 Å². The van der Waals surface area contributed by atoms with Gasteiger partial charge in [0.15, 0.2) is 0 Å². The van der Waals surface area contributed by atoms with Gasteiger partial charge in [-0.25, -0.2) is 0 Å². The highest BCUT2D eigenvalue weighted by molar-refractivity contribution is 6.03. The fraction of sp³-hybridized carbons (Fsp3) is 0.0448. The van der Waals surface area contributed by atoms with E-state index in [9.17, 15) is 0 Å². The summed E-state index contributed by atoms with van der Waals surface area (Å²) in [6.07, 6.45) is 0.833. The molecule has 0 saturated heterocycles. The van der Waals surface area contributed by atoms with Crippen LogP contribution >= 0.6 is 0 Å². The van der Waals surface area contributed by atoms with Gasteiger partial charge in [0.05, 0.1) is 11.1 Å². The number of para-hydroxylation sites is 1. The lowest BCUT2D eigenvalue weighted by Crippen LogP contribution is -2.25. The van der Waals surface area contributed by atoms with Gasteiger partial charge in [0.1, 0.15) is 0 Å². The first-order valence-corrected chi connectivity index (χ1v) is 23.8. The minimum Gasteiger partial charge on any atom is -0.310 e. The zero-order valence-corrected chi connectivity index (χ0v) is 37.9. The van der Waals surface area contributed by atoms with Crippen LogP contribution in [0.15, 0.2) is 255 Å². The summed E-state index contributed by atoms with van der Waals surface area (Å²) in [6, 6.07) is 94.3. The van der Waals surface area contributed by atoms with Crippen LogP contribution in [0.3, 0.4) is 0 Å². The number of aryl methyl sites for hydroxylation is 1. The number of nitrogens with zero attached hydrogens (tertiary/aromatic N) is 1. The molecular weight excluding hydrogens is 819 g/mol. The van der Waals surface area contributed by atoms with Gasteiger partial charge in [-0.15, -0.1) is 0 Å². The molecule has 0 amide bonds. The molecule has 1 spiro atoms. The van der Waals surface area contributed by atoms with E-state index in [0.717, 1.165) is 17.8 Å². The molecule has 68 heavy (non-hydrogen) atoms. The molecule has 1 unspecified atom stereocenters. The molecular formula is C67H47N. The maximum atomic E-state index is 2.39. The van der Waals surface area contributed by atoms with E-state index >= 15 is 0 Å². The van der Waals surface area contributed by atoms with Gasteiger partial charge in [-0.3, -0.25) is 0 Å². The van der Waals surface area contributed by atoms with E-state index in [-0.39, 0.29) is 0 Å². The molecule has 0 saturated carbocycles. The van der Waals surface area contributed by atoms with E-state index in [1.807, 2.05) is 0 Å². The monoisotopic (exact) mass is 865 g/mol. The van der Waals surface area contributed by atoms with Crippen molar-refractivity contribution in [3.8, 4) is 55.6 Å². The van der Waals surface area contributed by atoms with Crippen LogP contribution in [0.5, 0.6) is 0 Å². The smallest absolute Gasteiger partial charge is 0.0725 e. The number of rotatable bonds is 8. The number of hydrogen-bond donors (Lipinski definition) is 0. The van der Waals surface area contributed by atoms with Crippen molar-refractivity contribution in [3.05, 3.63) is 294 Å². The molecule has 2 aliphatic carbocycles. The highest BCUT2D eigenvalue weighted by Crippen LogP contribution is 2.65. The molecule has 0 aromatic heterocycles. The average Bonchev–Trinajstić information content (AvgIpc) is 3.88. The van der Waals surface area contributed by atoms with Crippen molar-refractivity contribution in [1.82, 2.24) is 0 Å². The molecule has 1 heteroatoms. The Bertz CT molecular complexity index is 3710. The zero-order chi connectivity index (χ0) is 45.2. The third-order valence-corrected chi connectivity index (χ3v) is 14.7. The topological polar surface area (TPSA) is 3.24 Å². The Morgan fingerprint density at radius 1 is 0.353 bits per heavy atom. The van der Waals surface area contributed by atoms with Crippen LogP contribution in [0.1, 0.15) is 38.9 Å². The van der Waals surface area contributed by atoms with E-state index < -0.39 is 5.41 Å². The minimum absolute atomic E-state index is 0.422. The number of benzene rings is 11. The van der Waals surface area contributed by atoms with Crippen molar-refractivity contribution in [2.75, 3.05) is 4.90 Å². The molecule has 11 aromatic carbocycles. The van der Waals surface area contributed by atoms with Crippen LogP contribution in [0.2, 0.25) is 0 Å². The third-order valence-electron chi connectivity index (χ3n) is 14.7. The molecule has 0 heterocycles. The normalized spacial score (nSPS) is 14.1. The maximum absolute atomic E-state index is 2.39. The second-order valence-electron chi connectivity index (χ2n) is 18.4. The van der Waals surface area contributed by atoms with Gasteiger partial charge in [-0.2, -0.15) is 0 Å². The fourth-order valence-electron chi connectivity index (χ4n) is 11.8. The summed E-state index contributed by atoms with van der Waals surface area (Å²) in [5, 5.41) is 2.46. The Balaban J connectivity index is 0.860. The van der Waals surface area contributed by atoms with E-state index in [4.69, 9.17) is 0 Å². The van der Waals surface area contributed by atoms with E-state index in [1.54, 1.807) is 0 Å². The van der Waals surface area contributed by atoms with Crippen molar-refractivity contribution >= 4 is 27.8 Å². The molecule has 320 valence electrons. The Kier molecular flexibility index (Phi) is 9.44. The first-order valence-electron chi connectivity index (χ1n) is 23.8. The first-order chi connectivity index (χ1) is 33.7. The lowest BCUT2D eigenvalue weighted by atomic mass is 9.70. The van der Waals surface area contributed by atoms with Crippen LogP contribution in [0, 0.1) is 6.92 Å². The second-order valence-corrected chi connectivity index (χ2v) is 18.4. The summed E-state index contributed by atoms with van der Waals surface area (Å²) in [5.41, 5.74) is 25.2. The molecule has 0 radical (unpaired) electrons. The van der Waals surface area contributed by atoms with Crippen molar-refractivity contribution in [2.45, 2.75) is 18.8 Å². The Hall–Kier alpha value is -8.52. The Morgan fingerprint density at radius 3 is 1.54 bits per heavy atom. The summed E-state index contributed by atoms with van der Waals surface area (Å²) in [6.45, 7) is 2.25. The summed E-state index contributed by atoms with van der Waals surface area (Å²) >= 11 is 0. The predicted octanol–water partition coefficient (Wildman–Crippen LogP) is 17.6. The number of fused-ring (bicyclic) bond motifs is 11. The molecule has 1 nitrogen and oxygen atoms in total.